The first kappa shape index (κ1) is 24.8. The molecular weight excluding hydrogens is 463 g/mol. The Balaban J connectivity index is 1.64. The third-order valence-corrected chi connectivity index (χ3v) is 7.48. The van der Waals surface area contributed by atoms with Gasteiger partial charge in [0.2, 0.25) is 0 Å². The molecule has 1 saturated heterocycles. The van der Waals surface area contributed by atoms with Gasteiger partial charge in [0.1, 0.15) is 11.4 Å². The summed E-state index contributed by atoms with van der Waals surface area (Å²) in [6.07, 6.45) is 5.21. The number of anilines is 2. The van der Waals surface area contributed by atoms with Crippen LogP contribution in [0, 0.1) is 19.3 Å². The second-order valence-corrected chi connectivity index (χ2v) is 10.1. The van der Waals surface area contributed by atoms with Gasteiger partial charge < -0.3 is 9.80 Å². The first-order valence-electron chi connectivity index (χ1n) is 11.8. The smallest absolute Gasteiger partial charge is 0.259 e. The molecule has 0 unspecified atom stereocenters. The van der Waals surface area contributed by atoms with Gasteiger partial charge in [-0.15, -0.1) is 0 Å². The number of hydrogen-bond donors (Lipinski definition) is 0. The molecule has 1 aliphatic carbocycles. The van der Waals surface area contributed by atoms with Gasteiger partial charge in [0.05, 0.1) is 12.1 Å². The standard InChI is InChI=1S/C27H29FN4O2S/c1-17-15-19(12-14-23(17)29-4)31-25(34)27(2,3)32(26(31)35)20-11-13-21(22(28)16-20)24(33)30(5)18-9-7-6-8-10-18/h11-16,18H,6-10H2,1-3,5H3. The molecule has 0 radical (unpaired) electrons. The average molecular weight is 493 g/mol. The second kappa shape index (κ2) is 9.38. The summed E-state index contributed by atoms with van der Waals surface area (Å²) >= 11 is 5.68. The van der Waals surface area contributed by atoms with Crippen molar-refractivity contribution in [1.82, 2.24) is 4.90 Å². The third-order valence-electron chi connectivity index (χ3n) is 7.11. The van der Waals surface area contributed by atoms with Crippen molar-refractivity contribution in [3.8, 4) is 0 Å². The lowest BCUT2D eigenvalue weighted by atomic mass is 9.94. The van der Waals surface area contributed by atoms with Gasteiger partial charge >= 0.3 is 0 Å². The zero-order chi connectivity index (χ0) is 25.5. The molecule has 1 heterocycles. The molecule has 0 aromatic heterocycles. The van der Waals surface area contributed by atoms with Gasteiger partial charge in [-0.25, -0.2) is 9.24 Å². The predicted octanol–water partition coefficient (Wildman–Crippen LogP) is 6.01. The minimum atomic E-state index is -1.07. The molecule has 1 saturated carbocycles. The highest BCUT2D eigenvalue weighted by molar-refractivity contribution is 7.81. The topological polar surface area (TPSA) is 48.2 Å². The van der Waals surface area contributed by atoms with Crippen molar-refractivity contribution in [2.24, 2.45) is 0 Å². The number of carbonyl (C=O) groups excluding carboxylic acids is 2. The number of aryl methyl sites for hydroxylation is 1. The zero-order valence-corrected chi connectivity index (χ0v) is 21.3. The summed E-state index contributed by atoms with van der Waals surface area (Å²) in [6.45, 7) is 12.5. The summed E-state index contributed by atoms with van der Waals surface area (Å²) in [5, 5.41) is 0.216. The number of amides is 2. The number of halogens is 1. The van der Waals surface area contributed by atoms with E-state index in [1.54, 1.807) is 61.9 Å². The summed E-state index contributed by atoms with van der Waals surface area (Å²) in [6, 6.07) is 9.63. The van der Waals surface area contributed by atoms with E-state index < -0.39 is 11.4 Å². The quantitative estimate of drug-likeness (QED) is 0.388. The summed E-state index contributed by atoms with van der Waals surface area (Å²) in [7, 11) is 1.74. The van der Waals surface area contributed by atoms with Crippen LogP contribution >= 0.6 is 12.2 Å². The van der Waals surface area contributed by atoms with Gasteiger partial charge in [-0.1, -0.05) is 25.3 Å². The average Bonchev–Trinajstić information content (AvgIpc) is 3.01. The maximum atomic E-state index is 15.3. The van der Waals surface area contributed by atoms with Crippen LogP contribution in [0.1, 0.15) is 61.9 Å². The molecule has 35 heavy (non-hydrogen) atoms. The lowest BCUT2D eigenvalue weighted by molar-refractivity contribution is -0.120. The highest BCUT2D eigenvalue weighted by Gasteiger charge is 2.50. The monoisotopic (exact) mass is 492 g/mol. The Morgan fingerprint density at radius 1 is 1.14 bits per heavy atom. The lowest BCUT2D eigenvalue weighted by Crippen LogP contribution is -2.44. The van der Waals surface area contributed by atoms with E-state index in [2.05, 4.69) is 4.85 Å². The summed E-state index contributed by atoms with van der Waals surface area (Å²) in [5.41, 5.74) is 1.14. The van der Waals surface area contributed by atoms with Gasteiger partial charge in [-0.05, 0) is 81.7 Å². The first-order valence-corrected chi connectivity index (χ1v) is 12.2. The van der Waals surface area contributed by atoms with Gasteiger partial charge in [-0.3, -0.25) is 14.5 Å². The molecule has 4 rings (SSSR count). The fourth-order valence-corrected chi connectivity index (χ4v) is 5.52. The molecule has 182 valence electrons. The first-order chi connectivity index (χ1) is 16.6. The number of carbonyl (C=O) groups is 2. The fraction of sp³-hybridized carbons (Fsp3) is 0.407. The number of nitrogens with zero attached hydrogens (tertiary/aromatic N) is 4. The number of rotatable bonds is 4. The zero-order valence-electron chi connectivity index (χ0n) is 20.5. The molecule has 0 bridgehead atoms. The molecule has 1 aliphatic heterocycles. The van der Waals surface area contributed by atoms with E-state index in [1.807, 2.05) is 0 Å². The fourth-order valence-electron chi connectivity index (χ4n) is 5.00. The third kappa shape index (κ3) is 4.30. The minimum Gasteiger partial charge on any atom is -0.339 e. The van der Waals surface area contributed by atoms with Gasteiger partial charge in [0.15, 0.2) is 10.8 Å². The van der Waals surface area contributed by atoms with Crippen molar-refractivity contribution in [3.63, 3.8) is 0 Å². The van der Waals surface area contributed by atoms with Crippen molar-refractivity contribution >= 4 is 46.2 Å². The van der Waals surface area contributed by atoms with Crippen molar-refractivity contribution < 1.29 is 14.0 Å². The van der Waals surface area contributed by atoms with E-state index in [0.717, 1.165) is 31.2 Å². The summed E-state index contributed by atoms with van der Waals surface area (Å²) in [4.78, 5) is 34.6. The number of thiocarbonyl (C=S) groups is 1. The van der Waals surface area contributed by atoms with Crippen LogP contribution in [0.2, 0.25) is 0 Å². The van der Waals surface area contributed by atoms with Crippen LogP contribution in [0.4, 0.5) is 21.5 Å². The van der Waals surface area contributed by atoms with E-state index in [0.29, 0.717) is 17.1 Å². The predicted molar refractivity (Wildman–Crippen MR) is 139 cm³/mol. The van der Waals surface area contributed by atoms with Crippen LogP contribution in [0.15, 0.2) is 36.4 Å². The van der Waals surface area contributed by atoms with Crippen LogP contribution in [-0.2, 0) is 4.79 Å². The molecule has 6 nitrogen and oxygen atoms in total. The second-order valence-electron chi connectivity index (χ2n) is 9.77. The summed E-state index contributed by atoms with van der Waals surface area (Å²) in [5.74, 6) is -1.23. The molecule has 2 aromatic carbocycles. The molecule has 0 N–H and O–H groups in total. The van der Waals surface area contributed by atoms with Gasteiger partial charge in [0, 0.05) is 24.5 Å². The lowest BCUT2D eigenvalue weighted by Gasteiger charge is -2.32. The largest absolute Gasteiger partial charge is 0.339 e. The normalized spacial score (nSPS) is 18.1. The van der Waals surface area contributed by atoms with E-state index in [1.165, 1.54) is 23.5 Å². The number of hydrogen-bond acceptors (Lipinski definition) is 3. The molecule has 2 aliphatic rings. The molecule has 2 fully saturated rings. The maximum absolute atomic E-state index is 15.3. The van der Waals surface area contributed by atoms with Crippen molar-refractivity contribution in [1.29, 1.82) is 0 Å². The Kier molecular flexibility index (Phi) is 6.65. The molecule has 2 amide bonds. The van der Waals surface area contributed by atoms with Crippen molar-refractivity contribution in [2.75, 3.05) is 16.8 Å². The Morgan fingerprint density at radius 3 is 2.40 bits per heavy atom. The van der Waals surface area contributed by atoms with Crippen LogP contribution in [0.25, 0.3) is 4.85 Å². The van der Waals surface area contributed by atoms with E-state index >= 15 is 4.39 Å². The molecule has 0 spiro atoms. The Morgan fingerprint density at radius 2 is 1.80 bits per heavy atom. The Bertz CT molecular complexity index is 1250. The van der Waals surface area contributed by atoms with Crippen molar-refractivity contribution in [3.05, 3.63) is 64.8 Å². The van der Waals surface area contributed by atoms with Crippen LogP contribution in [0.5, 0.6) is 0 Å². The maximum Gasteiger partial charge on any atom is 0.259 e. The number of benzene rings is 2. The molecule has 8 heteroatoms. The van der Waals surface area contributed by atoms with Gasteiger partial charge in [-0.2, -0.15) is 0 Å². The minimum absolute atomic E-state index is 0.0123. The van der Waals surface area contributed by atoms with Gasteiger partial charge in [0.25, 0.3) is 11.8 Å². The molecular formula is C27H29FN4O2S. The summed E-state index contributed by atoms with van der Waals surface area (Å²) < 4.78 is 15.3. The molecule has 0 atom stereocenters. The van der Waals surface area contributed by atoms with E-state index in [-0.39, 0.29) is 28.5 Å². The van der Waals surface area contributed by atoms with E-state index in [4.69, 9.17) is 18.8 Å². The highest BCUT2D eigenvalue weighted by atomic mass is 32.1. The van der Waals surface area contributed by atoms with Crippen LogP contribution < -0.4 is 9.80 Å². The van der Waals surface area contributed by atoms with Crippen LogP contribution in [-0.4, -0.2) is 40.5 Å². The Hall–Kier alpha value is -3.31. The SMILES string of the molecule is [C-]#[N+]c1ccc(N2C(=O)C(C)(C)N(c3ccc(C(=O)N(C)C4CCCCC4)c(F)c3)C2=S)cc1C. The van der Waals surface area contributed by atoms with Crippen molar-refractivity contribution in [2.45, 2.75) is 64.5 Å². The Labute approximate surface area is 211 Å². The molecule has 2 aromatic rings. The van der Waals surface area contributed by atoms with E-state index in [9.17, 15) is 9.59 Å². The highest BCUT2D eigenvalue weighted by Crippen LogP contribution is 2.38. The van der Waals surface area contributed by atoms with Crippen LogP contribution in [0.3, 0.4) is 0 Å².